The quantitative estimate of drug-likeness (QED) is 0.818. The number of hydrogen-bond acceptors (Lipinski definition) is 4. The molecule has 5 heteroatoms. The monoisotopic (exact) mass is 299 g/mol. The van der Waals surface area contributed by atoms with Gasteiger partial charge >= 0.3 is 0 Å². The van der Waals surface area contributed by atoms with Crippen LogP contribution in [0.4, 0.5) is 0 Å². The molecule has 3 rings (SSSR count). The van der Waals surface area contributed by atoms with E-state index in [4.69, 9.17) is 9.47 Å². The summed E-state index contributed by atoms with van der Waals surface area (Å²) in [7, 11) is 3.10. The lowest BCUT2D eigenvalue weighted by Crippen LogP contribution is -2.35. The van der Waals surface area contributed by atoms with Crippen LogP contribution < -0.4 is 9.47 Å². The first-order valence-corrected chi connectivity index (χ1v) is 7.06. The maximum absolute atomic E-state index is 12.7. The number of carbonyl (C=O) groups excluding carboxylic acids is 2. The van der Waals surface area contributed by atoms with E-state index < -0.39 is 0 Å². The van der Waals surface area contributed by atoms with Crippen LogP contribution in [0.25, 0.3) is 10.8 Å². The highest BCUT2D eigenvalue weighted by Gasteiger charge is 2.39. The molecule has 22 heavy (non-hydrogen) atoms. The van der Waals surface area contributed by atoms with Gasteiger partial charge in [-0.05, 0) is 26.0 Å². The fourth-order valence-corrected chi connectivity index (χ4v) is 2.96. The molecule has 1 aliphatic heterocycles. The van der Waals surface area contributed by atoms with Crippen molar-refractivity contribution < 1.29 is 19.1 Å². The second-order valence-electron chi connectivity index (χ2n) is 5.46. The zero-order valence-electron chi connectivity index (χ0n) is 13.0. The fourth-order valence-electron chi connectivity index (χ4n) is 2.96. The zero-order chi connectivity index (χ0) is 16.0. The van der Waals surface area contributed by atoms with Gasteiger partial charge in [0, 0.05) is 11.4 Å². The highest BCUT2D eigenvalue weighted by molar-refractivity contribution is 6.27. The van der Waals surface area contributed by atoms with E-state index in [9.17, 15) is 9.59 Å². The Bertz CT molecular complexity index is 795. The van der Waals surface area contributed by atoms with E-state index in [0.717, 1.165) is 0 Å². The van der Waals surface area contributed by atoms with E-state index in [1.165, 1.54) is 12.0 Å². The van der Waals surface area contributed by atoms with Gasteiger partial charge in [0.1, 0.15) is 11.5 Å². The van der Waals surface area contributed by atoms with Crippen LogP contribution in [0.5, 0.6) is 11.5 Å². The lowest BCUT2D eigenvalue weighted by Gasteiger charge is -2.17. The normalized spacial score (nSPS) is 14.0. The molecule has 2 aromatic carbocycles. The van der Waals surface area contributed by atoms with Crippen molar-refractivity contribution in [3.05, 3.63) is 35.4 Å². The Morgan fingerprint density at radius 1 is 1.00 bits per heavy atom. The summed E-state index contributed by atoms with van der Waals surface area (Å²) < 4.78 is 10.8. The van der Waals surface area contributed by atoms with Gasteiger partial charge in [-0.1, -0.05) is 12.1 Å². The number of amides is 2. The van der Waals surface area contributed by atoms with Crippen LogP contribution in [-0.2, 0) is 0 Å². The molecule has 1 heterocycles. The average molecular weight is 299 g/mol. The number of hydrogen-bond donors (Lipinski definition) is 0. The molecular formula is C17H17NO4. The van der Waals surface area contributed by atoms with Crippen LogP contribution in [0.3, 0.4) is 0 Å². The van der Waals surface area contributed by atoms with Gasteiger partial charge in [-0.25, -0.2) is 0 Å². The predicted octanol–water partition coefficient (Wildman–Crippen LogP) is 2.86. The van der Waals surface area contributed by atoms with E-state index in [0.29, 0.717) is 33.4 Å². The van der Waals surface area contributed by atoms with Gasteiger partial charge in [0.05, 0.1) is 30.7 Å². The zero-order valence-corrected chi connectivity index (χ0v) is 13.0. The summed E-state index contributed by atoms with van der Waals surface area (Å²) in [5, 5.41) is 1.38. The molecule has 1 aliphatic rings. The number of fused-ring (bicyclic) bond motifs is 3. The maximum Gasteiger partial charge on any atom is 0.262 e. The van der Waals surface area contributed by atoms with Crippen molar-refractivity contribution in [3.8, 4) is 11.5 Å². The summed E-state index contributed by atoms with van der Waals surface area (Å²) in [5.74, 6) is 0.590. The van der Waals surface area contributed by atoms with E-state index >= 15 is 0 Å². The summed E-state index contributed by atoms with van der Waals surface area (Å²) in [5.41, 5.74) is 0.810. The van der Waals surface area contributed by atoms with Gasteiger partial charge < -0.3 is 9.47 Å². The molecule has 0 saturated heterocycles. The largest absolute Gasteiger partial charge is 0.496 e. The smallest absolute Gasteiger partial charge is 0.262 e. The van der Waals surface area contributed by atoms with E-state index in [1.54, 1.807) is 25.3 Å². The van der Waals surface area contributed by atoms with E-state index in [1.807, 2.05) is 19.9 Å². The highest BCUT2D eigenvalue weighted by Crippen LogP contribution is 2.41. The van der Waals surface area contributed by atoms with E-state index in [2.05, 4.69) is 0 Å². The first kappa shape index (κ1) is 14.4. The molecule has 0 fully saturated rings. The molecule has 0 saturated carbocycles. The molecule has 0 aliphatic carbocycles. The van der Waals surface area contributed by atoms with Crippen molar-refractivity contribution in [1.29, 1.82) is 0 Å². The van der Waals surface area contributed by atoms with Crippen molar-refractivity contribution in [2.24, 2.45) is 0 Å². The van der Waals surface area contributed by atoms with E-state index in [-0.39, 0.29) is 17.9 Å². The van der Waals surface area contributed by atoms with Crippen molar-refractivity contribution in [2.45, 2.75) is 19.9 Å². The Labute approximate surface area is 128 Å². The third-order valence-electron chi connectivity index (χ3n) is 3.92. The van der Waals surface area contributed by atoms with Crippen molar-refractivity contribution >= 4 is 22.6 Å². The second-order valence-corrected chi connectivity index (χ2v) is 5.46. The number of imide groups is 1. The summed E-state index contributed by atoms with van der Waals surface area (Å²) in [6, 6.07) is 6.85. The minimum atomic E-state index is -0.280. The molecule has 2 aromatic rings. The maximum atomic E-state index is 12.7. The third-order valence-corrected chi connectivity index (χ3v) is 3.92. The molecular weight excluding hydrogens is 282 g/mol. The number of benzene rings is 2. The topological polar surface area (TPSA) is 55.8 Å². The van der Waals surface area contributed by atoms with Crippen LogP contribution >= 0.6 is 0 Å². The summed E-state index contributed by atoms with van der Waals surface area (Å²) in [4.78, 5) is 26.5. The van der Waals surface area contributed by atoms with Crippen molar-refractivity contribution in [1.82, 2.24) is 4.90 Å². The molecule has 0 atom stereocenters. The second kappa shape index (κ2) is 5.02. The van der Waals surface area contributed by atoms with Crippen LogP contribution in [0.2, 0.25) is 0 Å². The molecule has 5 nitrogen and oxygen atoms in total. The SMILES string of the molecule is COc1cccc2c3c(cc(OC)c12)C(=O)N(C(C)C)C3=O. The van der Waals surface area contributed by atoms with Crippen molar-refractivity contribution in [3.63, 3.8) is 0 Å². The number of nitrogens with zero attached hydrogens (tertiary/aromatic N) is 1. The lowest BCUT2D eigenvalue weighted by atomic mass is 9.98. The lowest BCUT2D eigenvalue weighted by molar-refractivity contribution is 0.0609. The van der Waals surface area contributed by atoms with Crippen molar-refractivity contribution in [2.75, 3.05) is 14.2 Å². The first-order chi connectivity index (χ1) is 10.5. The fraction of sp³-hybridized carbons (Fsp3) is 0.294. The van der Waals surface area contributed by atoms with Gasteiger partial charge in [-0.2, -0.15) is 0 Å². The number of ether oxygens (including phenoxy) is 2. The summed E-state index contributed by atoms with van der Waals surface area (Å²) in [6.45, 7) is 3.64. The molecule has 2 amide bonds. The van der Waals surface area contributed by atoms with Crippen LogP contribution in [0, 0.1) is 0 Å². The molecule has 0 radical (unpaired) electrons. The third kappa shape index (κ3) is 1.78. The minimum absolute atomic E-state index is 0.195. The van der Waals surface area contributed by atoms with Gasteiger partial charge in [-0.15, -0.1) is 0 Å². The Balaban J connectivity index is 2.40. The molecule has 0 N–H and O–H groups in total. The average Bonchev–Trinajstić information content (AvgIpc) is 2.77. The van der Waals surface area contributed by atoms with Crippen LogP contribution in [0.1, 0.15) is 34.6 Å². The van der Waals surface area contributed by atoms with Gasteiger partial charge in [-0.3, -0.25) is 14.5 Å². The van der Waals surface area contributed by atoms with Crippen LogP contribution in [0.15, 0.2) is 24.3 Å². The molecule has 114 valence electrons. The van der Waals surface area contributed by atoms with Gasteiger partial charge in [0.25, 0.3) is 11.8 Å². The highest BCUT2D eigenvalue weighted by atomic mass is 16.5. The number of methoxy groups -OCH3 is 2. The Hall–Kier alpha value is -2.56. The first-order valence-electron chi connectivity index (χ1n) is 7.06. The number of carbonyl (C=O) groups is 2. The minimum Gasteiger partial charge on any atom is -0.496 e. The molecule has 0 unspecified atom stereocenters. The van der Waals surface area contributed by atoms with Gasteiger partial charge in [0.15, 0.2) is 0 Å². The predicted molar refractivity (Wildman–Crippen MR) is 82.7 cm³/mol. The summed E-state index contributed by atoms with van der Waals surface area (Å²) >= 11 is 0. The Kier molecular flexibility index (Phi) is 3.28. The summed E-state index contributed by atoms with van der Waals surface area (Å²) in [6.07, 6.45) is 0. The molecule has 0 aromatic heterocycles. The standard InChI is InChI=1S/C17H17NO4/c1-9(2)18-16(19)11-8-13(22-4)15-10(14(11)17(18)20)6-5-7-12(15)21-3/h5-9H,1-4H3. The van der Waals surface area contributed by atoms with Gasteiger partial charge in [0.2, 0.25) is 0 Å². The number of rotatable bonds is 3. The Morgan fingerprint density at radius 2 is 1.68 bits per heavy atom. The Morgan fingerprint density at radius 3 is 2.27 bits per heavy atom. The van der Waals surface area contributed by atoms with Crippen LogP contribution in [-0.4, -0.2) is 37.0 Å². The molecule has 0 bridgehead atoms. The molecule has 0 spiro atoms.